The smallest absolute Gasteiger partial charge is 0.319 e. The topological polar surface area (TPSA) is 60.2 Å². The average molecular weight is 240 g/mol. The van der Waals surface area contributed by atoms with Crippen LogP contribution >= 0.6 is 0 Å². The summed E-state index contributed by atoms with van der Waals surface area (Å²) in [6.45, 7) is 7.73. The molecule has 0 spiro atoms. The van der Waals surface area contributed by atoms with Crippen LogP contribution in [0.2, 0.25) is 0 Å². The van der Waals surface area contributed by atoms with E-state index in [4.69, 9.17) is 0 Å². The molecule has 0 aliphatic heterocycles. The van der Waals surface area contributed by atoms with Gasteiger partial charge in [-0.2, -0.15) is 5.10 Å². The third-order valence-corrected chi connectivity index (χ3v) is 2.63. The summed E-state index contributed by atoms with van der Waals surface area (Å²) in [7, 11) is 1.40. The lowest BCUT2D eigenvalue weighted by molar-refractivity contribution is -0.142. The van der Waals surface area contributed by atoms with Gasteiger partial charge in [0.05, 0.1) is 20.2 Å². The predicted molar refractivity (Wildman–Crippen MR) is 63.3 cm³/mol. The van der Waals surface area contributed by atoms with Crippen LogP contribution in [-0.4, -0.2) is 45.3 Å². The standard InChI is InChI=1S/C11H20N4O2/c1-5-15-10(12-8-13-15)6-14(9(2)3)7-11(16)17-4/h8-9H,5-7H2,1-4H3. The van der Waals surface area contributed by atoms with Gasteiger partial charge in [0.1, 0.15) is 12.2 Å². The lowest BCUT2D eigenvalue weighted by Crippen LogP contribution is -2.36. The maximum absolute atomic E-state index is 11.3. The van der Waals surface area contributed by atoms with Gasteiger partial charge in [0.15, 0.2) is 0 Å². The number of carbonyl (C=O) groups is 1. The van der Waals surface area contributed by atoms with Gasteiger partial charge >= 0.3 is 5.97 Å². The van der Waals surface area contributed by atoms with Crippen molar-refractivity contribution in [3.05, 3.63) is 12.2 Å². The van der Waals surface area contributed by atoms with E-state index in [0.717, 1.165) is 12.4 Å². The molecule has 0 unspecified atom stereocenters. The molecule has 1 aromatic rings. The first-order valence-electron chi connectivity index (χ1n) is 5.76. The van der Waals surface area contributed by atoms with Gasteiger partial charge in [-0.25, -0.2) is 9.67 Å². The van der Waals surface area contributed by atoms with Crippen LogP contribution in [0.4, 0.5) is 0 Å². The van der Waals surface area contributed by atoms with Crippen LogP contribution in [0.15, 0.2) is 6.33 Å². The largest absolute Gasteiger partial charge is 0.468 e. The van der Waals surface area contributed by atoms with Gasteiger partial charge in [0.2, 0.25) is 0 Å². The normalized spacial score (nSPS) is 11.2. The van der Waals surface area contributed by atoms with Crippen LogP contribution in [0.1, 0.15) is 26.6 Å². The van der Waals surface area contributed by atoms with Crippen molar-refractivity contribution in [1.29, 1.82) is 0 Å². The summed E-state index contributed by atoms with van der Waals surface area (Å²) in [4.78, 5) is 17.5. The van der Waals surface area contributed by atoms with Crippen molar-refractivity contribution in [2.24, 2.45) is 0 Å². The molecule has 0 saturated carbocycles. The van der Waals surface area contributed by atoms with Crippen molar-refractivity contribution in [2.75, 3.05) is 13.7 Å². The van der Waals surface area contributed by atoms with Crippen molar-refractivity contribution >= 4 is 5.97 Å². The minimum absolute atomic E-state index is 0.235. The van der Waals surface area contributed by atoms with E-state index >= 15 is 0 Å². The Kier molecular flexibility index (Phi) is 5.09. The van der Waals surface area contributed by atoms with E-state index in [2.05, 4.69) is 14.8 Å². The first kappa shape index (κ1) is 13.6. The van der Waals surface area contributed by atoms with E-state index in [9.17, 15) is 4.79 Å². The maximum atomic E-state index is 11.3. The molecule has 0 saturated heterocycles. The van der Waals surface area contributed by atoms with Crippen molar-refractivity contribution in [3.8, 4) is 0 Å². The van der Waals surface area contributed by atoms with Gasteiger partial charge in [0, 0.05) is 12.6 Å². The number of nitrogens with zero attached hydrogens (tertiary/aromatic N) is 4. The molecule has 0 N–H and O–H groups in total. The van der Waals surface area contributed by atoms with E-state index < -0.39 is 0 Å². The average Bonchev–Trinajstić information content (AvgIpc) is 2.75. The number of carbonyl (C=O) groups excluding carboxylic acids is 1. The van der Waals surface area contributed by atoms with Gasteiger partial charge in [-0.15, -0.1) is 0 Å². The summed E-state index contributed by atoms with van der Waals surface area (Å²) in [6.07, 6.45) is 1.54. The molecule has 1 aromatic heterocycles. The summed E-state index contributed by atoms with van der Waals surface area (Å²) in [6, 6.07) is 0.246. The van der Waals surface area contributed by atoms with Gasteiger partial charge < -0.3 is 4.74 Å². The van der Waals surface area contributed by atoms with Crippen LogP contribution < -0.4 is 0 Å². The van der Waals surface area contributed by atoms with Crippen LogP contribution in [0.5, 0.6) is 0 Å². The first-order valence-corrected chi connectivity index (χ1v) is 5.76. The Hall–Kier alpha value is -1.43. The molecule has 1 rings (SSSR count). The Morgan fingerprint density at radius 3 is 2.82 bits per heavy atom. The SMILES string of the molecule is CCn1ncnc1CN(CC(=O)OC)C(C)C. The molecule has 6 heteroatoms. The molecule has 0 atom stereocenters. The Balaban J connectivity index is 2.70. The van der Waals surface area contributed by atoms with Crippen molar-refractivity contribution in [2.45, 2.75) is 39.9 Å². The summed E-state index contributed by atoms with van der Waals surface area (Å²) in [5.41, 5.74) is 0. The molecule has 96 valence electrons. The second-order valence-corrected chi connectivity index (χ2v) is 4.07. The van der Waals surface area contributed by atoms with Gasteiger partial charge in [-0.05, 0) is 20.8 Å². The van der Waals surface area contributed by atoms with E-state index in [0.29, 0.717) is 6.54 Å². The molecule has 0 aliphatic rings. The van der Waals surface area contributed by atoms with Crippen LogP contribution in [0, 0.1) is 0 Å². The Morgan fingerprint density at radius 1 is 1.59 bits per heavy atom. The number of rotatable bonds is 6. The minimum atomic E-state index is -0.235. The number of esters is 1. The highest BCUT2D eigenvalue weighted by atomic mass is 16.5. The fraction of sp³-hybridized carbons (Fsp3) is 0.727. The monoisotopic (exact) mass is 240 g/mol. The number of hydrogen-bond donors (Lipinski definition) is 0. The zero-order valence-corrected chi connectivity index (χ0v) is 10.9. The predicted octanol–water partition coefficient (Wildman–Crippen LogP) is 0.681. The van der Waals surface area contributed by atoms with Crippen LogP contribution in [-0.2, 0) is 22.6 Å². The Labute approximate surface area is 102 Å². The zero-order valence-electron chi connectivity index (χ0n) is 10.9. The summed E-state index contributed by atoms with van der Waals surface area (Å²) in [5, 5.41) is 4.11. The molecule has 0 fully saturated rings. The molecule has 0 radical (unpaired) electrons. The molecule has 0 bridgehead atoms. The second-order valence-electron chi connectivity index (χ2n) is 4.07. The summed E-state index contributed by atoms with van der Waals surface area (Å²) >= 11 is 0. The highest BCUT2D eigenvalue weighted by molar-refractivity contribution is 5.71. The van der Waals surface area contributed by atoms with Gasteiger partial charge in [-0.3, -0.25) is 9.69 Å². The molecular formula is C11H20N4O2. The molecule has 6 nitrogen and oxygen atoms in total. The number of methoxy groups -OCH3 is 1. The fourth-order valence-corrected chi connectivity index (χ4v) is 1.51. The number of aromatic nitrogens is 3. The molecule has 0 aromatic carbocycles. The number of hydrogen-bond acceptors (Lipinski definition) is 5. The quantitative estimate of drug-likeness (QED) is 0.684. The molecule has 17 heavy (non-hydrogen) atoms. The van der Waals surface area contributed by atoms with E-state index in [-0.39, 0.29) is 18.6 Å². The highest BCUT2D eigenvalue weighted by Crippen LogP contribution is 2.06. The molecule has 1 heterocycles. The first-order chi connectivity index (χ1) is 8.08. The van der Waals surface area contributed by atoms with Crippen LogP contribution in [0.25, 0.3) is 0 Å². The van der Waals surface area contributed by atoms with Crippen molar-refractivity contribution in [3.63, 3.8) is 0 Å². The third-order valence-electron chi connectivity index (χ3n) is 2.63. The Morgan fingerprint density at radius 2 is 2.29 bits per heavy atom. The van der Waals surface area contributed by atoms with Crippen molar-refractivity contribution < 1.29 is 9.53 Å². The summed E-state index contributed by atoms with van der Waals surface area (Å²) in [5.74, 6) is 0.631. The highest BCUT2D eigenvalue weighted by Gasteiger charge is 2.17. The minimum Gasteiger partial charge on any atom is -0.468 e. The maximum Gasteiger partial charge on any atom is 0.319 e. The second kappa shape index (κ2) is 6.34. The molecular weight excluding hydrogens is 220 g/mol. The van der Waals surface area contributed by atoms with Gasteiger partial charge in [0.25, 0.3) is 0 Å². The number of aryl methyl sites for hydroxylation is 1. The molecule has 0 aliphatic carbocycles. The van der Waals surface area contributed by atoms with E-state index in [1.54, 1.807) is 0 Å². The lowest BCUT2D eigenvalue weighted by atomic mass is 10.3. The van der Waals surface area contributed by atoms with Crippen LogP contribution in [0.3, 0.4) is 0 Å². The lowest BCUT2D eigenvalue weighted by Gasteiger charge is -2.24. The zero-order chi connectivity index (χ0) is 12.8. The number of ether oxygens (including phenoxy) is 1. The Bertz CT molecular complexity index is 362. The van der Waals surface area contributed by atoms with Gasteiger partial charge in [-0.1, -0.05) is 0 Å². The third kappa shape index (κ3) is 3.81. The molecule has 0 amide bonds. The summed E-state index contributed by atoms with van der Waals surface area (Å²) < 4.78 is 6.51. The fourth-order valence-electron chi connectivity index (χ4n) is 1.51. The van der Waals surface area contributed by atoms with E-state index in [1.165, 1.54) is 13.4 Å². The van der Waals surface area contributed by atoms with Crippen molar-refractivity contribution in [1.82, 2.24) is 19.7 Å². The van der Waals surface area contributed by atoms with E-state index in [1.807, 2.05) is 30.4 Å².